The Bertz CT molecular complexity index is 1940. The molecule has 0 amide bonds. The average Bonchev–Trinajstić information content (AvgIpc) is 3.59. The first-order valence-corrected chi connectivity index (χ1v) is 17.6. The molecule has 0 fully saturated rings. The summed E-state index contributed by atoms with van der Waals surface area (Å²) in [5.74, 6) is 0.923. The van der Waals surface area contributed by atoms with Crippen LogP contribution in [0.15, 0.2) is 81.6 Å². The minimum Gasteiger partial charge on any atom is -0.494 e. The molecule has 46 heavy (non-hydrogen) atoms. The SMILES string of the molecule is CCCCCCCCOc1ccc2cc3c(cc2c1)oc1cc2c(cc13)oc1cc3cc(CCCCOCCCC)ccc3cc12. The average molecular weight is 615 g/mol. The summed E-state index contributed by atoms with van der Waals surface area (Å²) in [5, 5.41) is 9.16. The standard InChI is InChI=1S/C42H46O4/c1-3-5-7-8-9-11-20-44-34-17-16-31-24-36-38-28-41-37(27-42(38)46-40(36)26-33(31)22-34)35-23-30-15-14-29(21-32(30)25-39(35)45-41)13-10-12-19-43-18-6-4-2/h14-17,21-28H,3-13,18-20H2,1-2H3. The Morgan fingerprint density at radius 3 is 1.74 bits per heavy atom. The van der Waals surface area contributed by atoms with Gasteiger partial charge in [0.25, 0.3) is 0 Å². The van der Waals surface area contributed by atoms with Crippen molar-refractivity contribution < 1.29 is 18.3 Å². The van der Waals surface area contributed by atoms with E-state index in [-0.39, 0.29) is 0 Å². The fourth-order valence-corrected chi connectivity index (χ4v) is 6.76. The molecule has 0 radical (unpaired) electrons. The van der Waals surface area contributed by atoms with E-state index < -0.39 is 0 Å². The number of aryl methyl sites for hydroxylation is 1. The van der Waals surface area contributed by atoms with Crippen molar-refractivity contribution in [3.63, 3.8) is 0 Å². The van der Waals surface area contributed by atoms with E-state index in [2.05, 4.69) is 86.6 Å². The summed E-state index contributed by atoms with van der Waals surface area (Å²) >= 11 is 0. The maximum atomic E-state index is 6.47. The summed E-state index contributed by atoms with van der Waals surface area (Å²) < 4.78 is 24.8. The van der Waals surface area contributed by atoms with Gasteiger partial charge in [-0.25, -0.2) is 0 Å². The number of benzene rings is 5. The van der Waals surface area contributed by atoms with Crippen LogP contribution in [0.25, 0.3) is 65.4 Å². The largest absolute Gasteiger partial charge is 0.494 e. The van der Waals surface area contributed by atoms with Gasteiger partial charge >= 0.3 is 0 Å². The summed E-state index contributed by atoms with van der Waals surface area (Å²) in [6, 6.07) is 26.3. The topological polar surface area (TPSA) is 44.7 Å². The second-order valence-corrected chi connectivity index (χ2v) is 13.0. The van der Waals surface area contributed by atoms with E-state index >= 15 is 0 Å². The van der Waals surface area contributed by atoms with Crippen molar-refractivity contribution in [3.05, 3.63) is 78.4 Å². The summed E-state index contributed by atoms with van der Waals surface area (Å²) in [4.78, 5) is 0. The molecule has 238 valence electrons. The van der Waals surface area contributed by atoms with E-state index in [4.69, 9.17) is 18.3 Å². The van der Waals surface area contributed by atoms with Gasteiger partial charge in [0.2, 0.25) is 0 Å². The molecule has 7 rings (SSSR count). The molecule has 0 atom stereocenters. The third kappa shape index (κ3) is 6.59. The summed E-state index contributed by atoms with van der Waals surface area (Å²) in [6.45, 7) is 6.96. The Hall–Kier alpha value is -4.02. The zero-order valence-corrected chi connectivity index (χ0v) is 27.5. The second-order valence-electron chi connectivity index (χ2n) is 13.0. The smallest absolute Gasteiger partial charge is 0.136 e. The molecular weight excluding hydrogens is 568 g/mol. The Labute approximate surface area is 271 Å². The minimum absolute atomic E-state index is 0.767. The molecule has 4 nitrogen and oxygen atoms in total. The van der Waals surface area contributed by atoms with Crippen LogP contribution in [0.5, 0.6) is 5.75 Å². The molecule has 0 saturated carbocycles. The van der Waals surface area contributed by atoms with E-state index in [1.165, 1.54) is 60.2 Å². The molecule has 0 aliphatic heterocycles. The molecule has 2 aromatic heterocycles. The van der Waals surface area contributed by atoms with Gasteiger partial charge in [0.1, 0.15) is 28.1 Å². The van der Waals surface area contributed by atoms with Crippen molar-refractivity contribution in [2.75, 3.05) is 19.8 Å². The van der Waals surface area contributed by atoms with Crippen LogP contribution in [-0.2, 0) is 11.2 Å². The minimum atomic E-state index is 0.767. The Morgan fingerprint density at radius 2 is 1.02 bits per heavy atom. The van der Waals surface area contributed by atoms with Crippen LogP contribution in [0.1, 0.15) is 83.6 Å². The molecule has 0 aliphatic carbocycles. The third-order valence-corrected chi connectivity index (χ3v) is 9.43. The molecule has 2 heterocycles. The van der Waals surface area contributed by atoms with Crippen LogP contribution in [0, 0.1) is 0 Å². The van der Waals surface area contributed by atoms with Crippen molar-refractivity contribution in [1.82, 2.24) is 0 Å². The number of fused-ring (bicyclic) bond motifs is 8. The van der Waals surface area contributed by atoms with Gasteiger partial charge in [-0.15, -0.1) is 0 Å². The lowest BCUT2D eigenvalue weighted by Gasteiger charge is -2.07. The highest BCUT2D eigenvalue weighted by Gasteiger charge is 2.15. The zero-order valence-electron chi connectivity index (χ0n) is 27.5. The highest BCUT2D eigenvalue weighted by molar-refractivity contribution is 6.18. The maximum Gasteiger partial charge on any atom is 0.136 e. The highest BCUT2D eigenvalue weighted by Crippen LogP contribution is 2.39. The molecule has 0 saturated heterocycles. The number of hydrogen-bond acceptors (Lipinski definition) is 4. The second kappa shape index (κ2) is 14.2. The van der Waals surface area contributed by atoms with E-state index in [0.717, 1.165) is 107 Å². The molecule has 5 aromatic carbocycles. The van der Waals surface area contributed by atoms with Crippen LogP contribution < -0.4 is 4.74 Å². The predicted molar refractivity (Wildman–Crippen MR) is 194 cm³/mol. The van der Waals surface area contributed by atoms with Gasteiger partial charge in [0.05, 0.1) is 6.61 Å². The number of hydrogen-bond donors (Lipinski definition) is 0. The van der Waals surface area contributed by atoms with E-state index in [1.807, 2.05) is 0 Å². The van der Waals surface area contributed by atoms with E-state index in [0.29, 0.717) is 0 Å². The van der Waals surface area contributed by atoms with Crippen LogP contribution in [0.4, 0.5) is 0 Å². The van der Waals surface area contributed by atoms with E-state index in [9.17, 15) is 0 Å². The third-order valence-electron chi connectivity index (χ3n) is 9.43. The molecule has 4 heteroatoms. The van der Waals surface area contributed by atoms with Crippen molar-refractivity contribution in [2.24, 2.45) is 0 Å². The maximum absolute atomic E-state index is 6.47. The Balaban J connectivity index is 1.10. The van der Waals surface area contributed by atoms with Gasteiger partial charge in [-0.3, -0.25) is 0 Å². The molecule has 0 spiro atoms. The van der Waals surface area contributed by atoms with Crippen molar-refractivity contribution >= 4 is 65.4 Å². The van der Waals surface area contributed by atoms with Crippen molar-refractivity contribution in [1.29, 1.82) is 0 Å². The number of rotatable bonds is 16. The lowest BCUT2D eigenvalue weighted by Crippen LogP contribution is -1.97. The van der Waals surface area contributed by atoms with Crippen molar-refractivity contribution in [2.45, 2.75) is 84.5 Å². The highest BCUT2D eigenvalue weighted by atomic mass is 16.5. The summed E-state index contributed by atoms with van der Waals surface area (Å²) in [5.41, 5.74) is 4.94. The van der Waals surface area contributed by atoms with Gasteiger partial charge in [-0.05, 0) is 108 Å². The number of unbranched alkanes of at least 4 members (excludes halogenated alkanes) is 7. The Kier molecular flexibility index (Phi) is 9.44. The molecule has 0 unspecified atom stereocenters. The van der Waals surface area contributed by atoms with E-state index in [1.54, 1.807) is 0 Å². The lowest BCUT2D eigenvalue weighted by atomic mass is 10.0. The monoisotopic (exact) mass is 614 g/mol. The fourth-order valence-electron chi connectivity index (χ4n) is 6.76. The van der Waals surface area contributed by atoms with Crippen molar-refractivity contribution in [3.8, 4) is 5.75 Å². The van der Waals surface area contributed by atoms with Gasteiger partial charge in [0.15, 0.2) is 0 Å². The first-order chi connectivity index (χ1) is 22.7. The van der Waals surface area contributed by atoms with Crippen LogP contribution in [0.2, 0.25) is 0 Å². The number of ether oxygens (including phenoxy) is 2. The van der Waals surface area contributed by atoms with Gasteiger partial charge in [-0.2, -0.15) is 0 Å². The molecule has 7 aromatic rings. The van der Waals surface area contributed by atoms with Gasteiger partial charge in [-0.1, -0.05) is 76.6 Å². The molecule has 0 N–H and O–H groups in total. The number of furan rings is 2. The predicted octanol–water partition coefficient (Wildman–Crippen LogP) is 12.7. The zero-order chi connectivity index (χ0) is 31.3. The van der Waals surface area contributed by atoms with Crippen LogP contribution in [-0.4, -0.2) is 19.8 Å². The normalized spacial score (nSPS) is 12.1. The summed E-state index contributed by atoms with van der Waals surface area (Å²) in [7, 11) is 0. The lowest BCUT2D eigenvalue weighted by molar-refractivity contribution is 0.127. The van der Waals surface area contributed by atoms with Gasteiger partial charge < -0.3 is 18.3 Å². The summed E-state index contributed by atoms with van der Waals surface area (Å²) in [6.07, 6.45) is 13.2. The Morgan fingerprint density at radius 1 is 0.457 bits per heavy atom. The first kappa shape index (κ1) is 30.6. The molecule has 0 aliphatic rings. The van der Waals surface area contributed by atoms with Gasteiger partial charge in [0, 0.05) is 34.8 Å². The molecule has 0 bridgehead atoms. The fraction of sp³-hybridized carbons (Fsp3) is 0.381. The first-order valence-electron chi connectivity index (χ1n) is 17.6. The van der Waals surface area contributed by atoms with Crippen LogP contribution >= 0.6 is 0 Å². The molecular formula is C42H46O4. The quantitative estimate of drug-likeness (QED) is 0.102. The van der Waals surface area contributed by atoms with Crippen LogP contribution in [0.3, 0.4) is 0 Å².